The van der Waals surface area contributed by atoms with E-state index >= 15 is 0 Å². The molecule has 5 nitrogen and oxygen atoms in total. The third-order valence-corrected chi connectivity index (χ3v) is 4.99. The number of methoxy groups -OCH3 is 1. The molecule has 1 saturated carbocycles. The number of rotatable bonds is 4. The van der Waals surface area contributed by atoms with E-state index in [2.05, 4.69) is 5.32 Å². The van der Waals surface area contributed by atoms with E-state index in [4.69, 9.17) is 9.15 Å². The van der Waals surface area contributed by atoms with Crippen molar-refractivity contribution in [3.8, 4) is 0 Å². The van der Waals surface area contributed by atoms with Gasteiger partial charge in [-0.1, -0.05) is 31.0 Å². The molecule has 1 aromatic heterocycles. The molecule has 1 aliphatic carbocycles. The lowest BCUT2D eigenvalue weighted by molar-refractivity contribution is -0.148. The fourth-order valence-electron chi connectivity index (χ4n) is 3.61. The Morgan fingerprint density at radius 3 is 2.75 bits per heavy atom. The van der Waals surface area contributed by atoms with Crippen LogP contribution in [0.4, 0.5) is 0 Å². The second-order valence-electron chi connectivity index (χ2n) is 6.44. The van der Waals surface area contributed by atoms with Gasteiger partial charge < -0.3 is 14.5 Å². The van der Waals surface area contributed by atoms with Gasteiger partial charge in [-0.2, -0.15) is 0 Å². The molecule has 128 valence electrons. The van der Waals surface area contributed by atoms with E-state index in [1.807, 2.05) is 31.2 Å². The number of furan rings is 1. The van der Waals surface area contributed by atoms with E-state index in [1.54, 1.807) is 0 Å². The van der Waals surface area contributed by atoms with Crippen molar-refractivity contribution in [2.45, 2.75) is 32.6 Å². The van der Waals surface area contributed by atoms with E-state index < -0.39 is 0 Å². The minimum absolute atomic E-state index is 0.124. The first kappa shape index (κ1) is 16.6. The van der Waals surface area contributed by atoms with Gasteiger partial charge in [0, 0.05) is 17.5 Å². The predicted octanol–water partition coefficient (Wildman–Crippen LogP) is 3.45. The fourth-order valence-corrected chi connectivity index (χ4v) is 3.61. The molecule has 1 N–H and O–H groups in total. The Hall–Kier alpha value is -2.30. The van der Waals surface area contributed by atoms with Gasteiger partial charge in [0.25, 0.3) is 5.91 Å². The predicted molar refractivity (Wildman–Crippen MR) is 90.7 cm³/mol. The molecule has 1 heterocycles. The number of aryl methyl sites for hydroxylation is 1. The molecule has 0 spiro atoms. The first-order valence-electron chi connectivity index (χ1n) is 8.46. The van der Waals surface area contributed by atoms with Gasteiger partial charge in [0.05, 0.1) is 13.0 Å². The first-order chi connectivity index (χ1) is 11.6. The van der Waals surface area contributed by atoms with Crippen molar-refractivity contribution < 1.29 is 18.7 Å². The normalized spacial score (nSPS) is 20.8. The molecule has 2 unspecified atom stereocenters. The second-order valence-corrected chi connectivity index (χ2v) is 6.44. The number of fused-ring (bicyclic) bond motifs is 1. The van der Waals surface area contributed by atoms with Crippen LogP contribution < -0.4 is 5.32 Å². The Bertz CT molecular complexity index is 749. The van der Waals surface area contributed by atoms with Crippen LogP contribution in [0.15, 0.2) is 28.7 Å². The molecule has 0 aliphatic heterocycles. The Labute approximate surface area is 141 Å². The average molecular weight is 329 g/mol. The summed E-state index contributed by atoms with van der Waals surface area (Å²) in [6, 6.07) is 7.61. The van der Waals surface area contributed by atoms with Gasteiger partial charge in [0.2, 0.25) is 0 Å². The van der Waals surface area contributed by atoms with Gasteiger partial charge in [0.15, 0.2) is 5.76 Å². The van der Waals surface area contributed by atoms with Crippen molar-refractivity contribution in [2.24, 2.45) is 11.8 Å². The van der Waals surface area contributed by atoms with Crippen molar-refractivity contribution in [1.82, 2.24) is 5.32 Å². The summed E-state index contributed by atoms with van der Waals surface area (Å²) in [5.74, 6) is -0.0472. The number of carbonyl (C=O) groups is 2. The summed E-state index contributed by atoms with van der Waals surface area (Å²) in [4.78, 5) is 24.4. The molecule has 1 fully saturated rings. The maximum atomic E-state index is 12.5. The number of benzene rings is 1. The van der Waals surface area contributed by atoms with Gasteiger partial charge in [-0.15, -0.1) is 0 Å². The number of hydrogen-bond acceptors (Lipinski definition) is 4. The molecule has 2 atom stereocenters. The number of para-hydroxylation sites is 1. The molecule has 24 heavy (non-hydrogen) atoms. The van der Waals surface area contributed by atoms with Crippen LogP contribution in [0.25, 0.3) is 11.0 Å². The van der Waals surface area contributed by atoms with Crippen molar-refractivity contribution >= 4 is 22.8 Å². The van der Waals surface area contributed by atoms with Crippen molar-refractivity contribution in [1.29, 1.82) is 0 Å². The Morgan fingerprint density at radius 2 is 2.00 bits per heavy atom. The molecule has 1 aromatic carbocycles. The summed E-state index contributed by atoms with van der Waals surface area (Å²) in [5, 5.41) is 3.89. The van der Waals surface area contributed by atoms with Gasteiger partial charge in [-0.05, 0) is 31.7 Å². The van der Waals surface area contributed by atoms with E-state index in [1.165, 1.54) is 7.11 Å². The number of amides is 1. The highest BCUT2D eigenvalue weighted by Gasteiger charge is 2.32. The molecule has 5 heteroatoms. The van der Waals surface area contributed by atoms with E-state index in [-0.39, 0.29) is 23.7 Å². The lowest BCUT2D eigenvalue weighted by Gasteiger charge is -2.29. The summed E-state index contributed by atoms with van der Waals surface area (Å²) in [6.45, 7) is 2.35. The maximum absolute atomic E-state index is 12.5. The third-order valence-electron chi connectivity index (χ3n) is 4.99. The summed E-state index contributed by atoms with van der Waals surface area (Å²) < 4.78 is 10.6. The number of nitrogens with one attached hydrogen (secondary N) is 1. The zero-order valence-corrected chi connectivity index (χ0v) is 14.1. The van der Waals surface area contributed by atoms with Crippen molar-refractivity contribution in [3.05, 3.63) is 35.6 Å². The summed E-state index contributed by atoms with van der Waals surface area (Å²) >= 11 is 0. The Morgan fingerprint density at radius 1 is 1.25 bits per heavy atom. The molecular formula is C19H23NO4. The molecule has 1 amide bonds. The molecular weight excluding hydrogens is 306 g/mol. The van der Waals surface area contributed by atoms with Gasteiger partial charge in [-0.3, -0.25) is 9.59 Å². The monoisotopic (exact) mass is 329 g/mol. The van der Waals surface area contributed by atoms with Crippen molar-refractivity contribution in [3.63, 3.8) is 0 Å². The number of ether oxygens (including phenoxy) is 1. The average Bonchev–Trinajstić information content (AvgIpc) is 2.96. The topological polar surface area (TPSA) is 68.5 Å². The van der Waals surface area contributed by atoms with Crippen LogP contribution in [0, 0.1) is 18.8 Å². The van der Waals surface area contributed by atoms with Gasteiger partial charge >= 0.3 is 5.97 Å². The first-order valence-corrected chi connectivity index (χ1v) is 8.46. The molecule has 2 aromatic rings. The van der Waals surface area contributed by atoms with E-state index in [9.17, 15) is 9.59 Å². The molecule has 3 rings (SSSR count). The standard InChI is InChI=1S/C19H23NO4/c1-12-14-8-5-6-10-16(14)24-17(12)18(21)20-11-13-7-3-4-9-15(13)19(22)23-2/h5-6,8,10,13,15H,3-4,7,9,11H2,1-2H3,(H,20,21). The summed E-state index contributed by atoms with van der Waals surface area (Å²) in [6.07, 6.45) is 3.88. The number of esters is 1. The van der Waals surface area contributed by atoms with Crippen LogP contribution in [0.5, 0.6) is 0 Å². The second kappa shape index (κ2) is 7.07. The Balaban J connectivity index is 1.69. The third kappa shape index (κ3) is 3.16. The highest BCUT2D eigenvalue weighted by molar-refractivity contribution is 5.98. The molecule has 0 radical (unpaired) electrons. The zero-order chi connectivity index (χ0) is 17.1. The smallest absolute Gasteiger partial charge is 0.309 e. The van der Waals surface area contributed by atoms with Crippen molar-refractivity contribution in [2.75, 3.05) is 13.7 Å². The fraction of sp³-hybridized carbons (Fsp3) is 0.474. The number of hydrogen-bond donors (Lipinski definition) is 1. The van der Waals surface area contributed by atoms with Crippen LogP contribution in [-0.4, -0.2) is 25.5 Å². The SMILES string of the molecule is COC(=O)C1CCCCC1CNC(=O)c1oc2ccccc2c1C. The van der Waals surface area contributed by atoms with E-state index in [0.717, 1.165) is 36.6 Å². The lowest BCUT2D eigenvalue weighted by atomic mass is 9.79. The molecule has 0 saturated heterocycles. The van der Waals surface area contributed by atoms with Crippen LogP contribution in [0.2, 0.25) is 0 Å². The zero-order valence-electron chi connectivity index (χ0n) is 14.1. The van der Waals surface area contributed by atoms with Crippen LogP contribution in [-0.2, 0) is 9.53 Å². The largest absolute Gasteiger partial charge is 0.469 e. The highest BCUT2D eigenvalue weighted by Crippen LogP contribution is 2.31. The van der Waals surface area contributed by atoms with E-state index in [0.29, 0.717) is 17.9 Å². The highest BCUT2D eigenvalue weighted by atomic mass is 16.5. The minimum atomic E-state index is -0.224. The van der Waals surface area contributed by atoms with Crippen LogP contribution >= 0.6 is 0 Å². The lowest BCUT2D eigenvalue weighted by Crippen LogP contribution is -2.37. The van der Waals surface area contributed by atoms with Crippen LogP contribution in [0.3, 0.4) is 0 Å². The van der Waals surface area contributed by atoms with Gasteiger partial charge in [0.1, 0.15) is 5.58 Å². The maximum Gasteiger partial charge on any atom is 0.309 e. The molecule has 1 aliphatic rings. The van der Waals surface area contributed by atoms with Gasteiger partial charge in [-0.25, -0.2) is 0 Å². The quantitative estimate of drug-likeness (QED) is 0.872. The number of carbonyl (C=O) groups excluding carboxylic acids is 2. The minimum Gasteiger partial charge on any atom is -0.469 e. The summed E-state index contributed by atoms with van der Waals surface area (Å²) in [5.41, 5.74) is 1.56. The summed E-state index contributed by atoms with van der Waals surface area (Å²) in [7, 11) is 1.42. The molecule has 0 bridgehead atoms. The van der Waals surface area contributed by atoms with Crippen LogP contribution in [0.1, 0.15) is 41.8 Å². The Kier molecular flexibility index (Phi) is 4.88.